The number of hydrogen-bond acceptors (Lipinski definition) is 7. The van der Waals surface area contributed by atoms with Gasteiger partial charge in [-0.1, -0.05) is 12.1 Å². The molecule has 0 N–H and O–H groups in total. The fourth-order valence-corrected chi connectivity index (χ4v) is 6.80. The predicted octanol–water partition coefficient (Wildman–Crippen LogP) is 5.67. The highest BCUT2D eigenvalue weighted by molar-refractivity contribution is 7.18. The van der Waals surface area contributed by atoms with Gasteiger partial charge in [-0.05, 0) is 68.1 Å². The van der Waals surface area contributed by atoms with Gasteiger partial charge in [-0.25, -0.2) is 14.4 Å². The van der Waals surface area contributed by atoms with Crippen molar-refractivity contribution in [3.8, 4) is 5.75 Å². The molecule has 7 rings (SSSR count). The van der Waals surface area contributed by atoms with Crippen LogP contribution in [0.25, 0.3) is 21.1 Å². The molecule has 220 valence electrons. The smallest absolute Gasteiger partial charge is 0.272 e. The minimum Gasteiger partial charge on any atom is -0.486 e. The summed E-state index contributed by atoms with van der Waals surface area (Å²) in [5.74, 6) is 0.146. The fourth-order valence-electron chi connectivity index (χ4n) is 5.92. The van der Waals surface area contributed by atoms with Crippen molar-refractivity contribution in [2.75, 3.05) is 26.2 Å². The third kappa shape index (κ3) is 5.69. The Labute approximate surface area is 251 Å². The molecule has 9 nitrogen and oxygen atoms in total. The maximum absolute atomic E-state index is 13.9. The van der Waals surface area contributed by atoms with Gasteiger partial charge in [-0.2, -0.15) is 5.10 Å². The first-order valence-electron chi connectivity index (χ1n) is 14.7. The standard InChI is InChI=1S/C32H31FN6O3S/c33-21-8-14-37(15-9-21)31(40)25-19-28(32(41)38-16-10-22(11-17-38)39-13-3-12-34-39)35-26-7-6-23(18-24(25)26)42-20-30-36-27-4-1-2-5-29(27)43-30/h1-7,12-13,18-19,21-22H,8-11,14-17,20H2. The molecule has 2 saturated heterocycles. The Morgan fingerprint density at radius 1 is 0.884 bits per heavy atom. The zero-order chi connectivity index (χ0) is 29.3. The summed E-state index contributed by atoms with van der Waals surface area (Å²) in [6.45, 7) is 2.12. The molecule has 43 heavy (non-hydrogen) atoms. The summed E-state index contributed by atoms with van der Waals surface area (Å²) in [4.78, 5) is 40.3. The number of ether oxygens (including phenoxy) is 1. The van der Waals surface area contributed by atoms with Crippen molar-refractivity contribution in [2.24, 2.45) is 0 Å². The number of benzene rings is 2. The zero-order valence-electron chi connectivity index (χ0n) is 23.6. The van der Waals surface area contributed by atoms with E-state index in [0.29, 0.717) is 61.2 Å². The summed E-state index contributed by atoms with van der Waals surface area (Å²) < 4.78 is 23.0. The molecule has 11 heteroatoms. The number of aromatic nitrogens is 4. The molecule has 2 aromatic carbocycles. The number of rotatable bonds is 6. The number of piperidine rings is 2. The summed E-state index contributed by atoms with van der Waals surface area (Å²) in [6.07, 6.45) is 5.02. The van der Waals surface area contributed by atoms with Crippen molar-refractivity contribution in [3.63, 3.8) is 0 Å². The molecule has 5 aromatic rings. The number of halogens is 1. The number of carbonyl (C=O) groups is 2. The molecule has 5 heterocycles. The Balaban J connectivity index is 1.16. The molecule has 2 fully saturated rings. The number of hydrogen-bond donors (Lipinski definition) is 0. The molecule has 3 aromatic heterocycles. The summed E-state index contributed by atoms with van der Waals surface area (Å²) in [7, 11) is 0. The quantitative estimate of drug-likeness (QED) is 0.250. The number of thiazole rings is 1. The molecule has 0 spiro atoms. The van der Waals surface area contributed by atoms with Crippen LogP contribution in [-0.2, 0) is 6.61 Å². The van der Waals surface area contributed by atoms with Crippen LogP contribution in [0.15, 0.2) is 67.0 Å². The summed E-state index contributed by atoms with van der Waals surface area (Å²) in [5.41, 5.74) is 2.08. The lowest BCUT2D eigenvalue weighted by Crippen LogP contribution is -2.40. The molecule has 2 amide bonds. The number of amides is 2. The average Bonchev–Trinajstić information content (AvgIpc) is 3.74. The second-order valence-corrected chi connectivity index (χ2v) is 12.2. The number of fused-ring (bicyclic) bond motifs is 2. The SMILES string of the molecule is O=C(c1cc(C(=O)N2CCC(F)CC2)c2cc(OCc3nc4ccccc4s3)ccc2n1)N1CCC(n2cccn2)CC1. The van der Waals surface area contributed by atoms with E-state index in [-0.39, 0.29) is 30.2 Å². The van der Waals surface area contributed by atoms with Crippen LogP contribution < -0.4 is 4.74 Å². The molecular formula is C32H31FN6O3S. The van der Waals surface area contributed by atoms with Gasteiger partial charge in [-0.15, -0.1) is 11.3 Å². The van der Waals surface area contributed by atoms with E-state index in [1.807, 2.05) is 41.2 Å². The van der Waals surface area contributed by atoms with E-state index < -0.39 is 6.17 Å². The van der Waals surface area contributed by atoms with E-state index in [1.54, 1.807) is 51.6 Å². The van der Waals surface area contributed by atoms with Crippen LogP contribution in [0.3, 0.4) is 0 Å². The fraction of sp³-hybridized carbons (Fsp3) is 0.344. The lowest BCUT2D eigenvalue weighted by molar-refractivity contribution is 0.0668. The lowest BCUT2D eigenvalue weighted by Gasteiger charge is -2.32. The second-order valence-electron chi connectivity index (χ2n) is 11.1. The Morgan fingerprint density at radius 3 is 2.42 bits per heavy atom. The van der Waals surface area contributed by atoms with Gasteiger partial charge >= 0.3 is 0 Å². The monoisotopic (exact) mass is 598 g/mol. The topological polar surface area (TPSA) is 93.5 Å². The van der Waals surface area contributed by atoms with E-state index in [1.165, 1.54) is 0 Å². The molecule has 0 bridgehead atoms. The van der Waals surface area contributed by atoms with E-state index >= 15 is 0 Å². The Morgan fingerprint density at radius 2 is 1.65 bits per heavy atom. The summed E-state index contributed by atoms with van der Waals surface area (Å²) in [6, 6.07) is 17.1. The number of likely N-dealkylation sites (tertiary alicyclic amines) is 2. The Hall–Kier alpha value is -4.38. The highest BCUT2D eigenvalue weighted by Gasteiger charge is 2.29. The number of pyridine rings is 1. The molecule has 2 aliphatic rings. The number of carbonyl (C=O) groups excluding carboxylic acids is 2. The van der Waals surface area contributed by atoms with Crippen LogP contribution in [0.2, 0.25) is 0 Å². The highest BCUT2D eigenvalue weighted by Crippen LogP contribution is 2.29. The van der Waals surface area contributed by atoms with Gasteiger partial charge < -0.3 is 14.5 Å². The third-order valence-corrected chi connectivity index (χ3v) is 9.30. The molecule has 0 aliphatic carbocycles. The van der Waals surface area contributed by atoms with Crippen LogP contribution >= 0.6 is 11.3 Å². The minimum atomic E-state index is -0.900. The van der Waals surface area contributed by atoms with Gasteiger partial charge in [0.05, 0.1) is 27.3 Å². The molecule has 0 unspecified atom stereocenters. The first kappa shape index (κ1) is 27.5. The van der Waals surface area contributed by atoms with Gasteiger partial charge in [0.25, 0.3) is 11.8 Å². The average molecular weight is 599 g/mol. The molecular weight excluding hydrogens is 567 g/mol. The van der Waals surface area contributed by atoms with Crippen molar-refractivity contribution in [3.05, 3.63) is 83.3 Å². The van der Waals surface area contributed by atoms with Crippen LogP contribution in [0.5, 0.6) is 5.75 Å². The maximum Gasteiger partial charge on any atom is 0.272 e. The number of para-hydroxylation sites is 1. The van der Waals surface area contributed by atoms with Crippen LogP contribution in [0.4, 0.5) is 4.39 Å². The van der Waals surface area contributed by atoms with Crippen molar-refractivity contribution in [2.45, 2.75) is 44.5 Å². The number of nitrogens with zero attached hydrogens (tertiary/aromatic N) is 6. The van der Waals surface area contributed by atoms with Gasteiger partial charge in [0.15, 0.2) is 0 Å². The van der Waals surface area contributed by atoms with Crippen LogP contribution in [0, 0.1) is 0 Å². The van der Waals surface area contributed by atoms with Crippen molar-refractivity contribution < 1.29 is 18.7 Å². The summed E-state index contributed by atoms with van der Waals surface area (Å²) in [5, 5.41) is 5.80. The highest BCUT2D eigenvalue weighted by atomic mass is 32.1. The normalized spacial score (nSPS) is 16.7. The van der Waals surface area contributed by atoms with Crippen molar-refractivity contribution in [1.82, 2.24) is 29.5 Å². The first-order valence-corrected chi connectivity index (χ1v) is 15.5. The van der Waals surface area contributed by atoms with Gasteiger partial charge in [0.1, 0.15) is 29.2 Å². The number of alkyl halides is 1. The molecule has 0 radical (unpaired) electrons. The second kappa shape index (κ2) is 11.7. The van der Waals surface area contributed by atoms with Crippen LogP contribution in [-0.4, -0.2) is 73.7 Å². The maximum atomic E-state index is 13.9. The van der Waals surface area contributed by atoms with Crippen LogP contribution in [0.1, 0.15) is 57.6 Å². The van der Waals surface area contributed by atoms with E-state index in [4.69, 9.17) is 9.72 Å². The Bertz CT molecular complexity index is 1740. The zero-order valence-corrected chi connectivity index (χ0v) is 24.4. The largest absolute Gasteiger partial charge is 0.486 e. The predicted molar refractivity (Wildman–Crippen MR) is 162 cm³/mol. The minimum absolute atomic E-state index is 0.200. The van der Waals surface area contributed by atoms with Gasteiger partial charge in [-0.3, -0.25) is 14.3 Å². The summed E-state index contributed by atoms with van der Waals surface area (Å²) >= 11 is 1.58. The lowest BCUT2D eigenvalue weighted by atomic mass is 10.0. The van der Waals surface area contributed by atoms with E-state index in [9.17, 15) is 14.0 Å². The van der Waals surface area contributed by atoms with E-state index in [2.05, 4.69) is 10.1 Å². The van der Waals surface area contributed by atoms with Crippen molar-refractivity contribution in [1.29, 1.82) is 0 Å². The third-order valence-electron chi connectivity index (χ3n) is 8.29. The van der Waals surface area contributed by atoms with E-state index in [0.717, 1.165) is 28.1 Å². The molecule has 0 saturated carbocycles. The molecule has 2 aliphatic heterocycles. The van der Waals surface area contributed by atoms with Gasteiger partial charge in [0.2, 0.25) is 0 Å². The van der Waals surface area contributed by atoms with Crippen molar-refractivity contribution >= 4 is 44.3 Å². The Kier molecular flexibility index (Phi) is 7.48. The first-order chi connectivity index (χ1) is 21.0. The molecule has 0 atom stereocenters. The van der Waals surface area contributed by atoms with Gasteiger partial charge in [0, 0.05) is 44.0 Å².